The minimum Gasteiger partial charge on any atom is -0.444 e. The Balaban J connectivity index is 1.47. The van der Waals surface area contributed by atoms with E-state index < -0.39 is 17.1 Å². The van der Waals surface area contributed by atoms with Crippen LogP contribution in [-0.2, 0) is 9.53 Å². The van der Waals surface area contributed by atoms with Gasteiger partial charge in [-0.2, -0.15) is 5.26 Å². The predicted octanol–water partition coefficient (Wildman–Crippen LogP) is 4.22. The summed E-state index contributed by atoms with van der Waals surface area (Å²) in [6.45, 7) is 5.89. The van der Waals surface area contributed by atoms with Gasteiger partial charge in [-0.05, 0) is 58.1 Å². The third kappa shape index (κ3) is 4.49. The van der Waals surface area contributed by atoms with Crippen LogP contribution in [0.25, 0.3) is 0 Å². The standard InChI is InChI=1S/C23H26N6O3/c1-22(2,3)32-21(31)27-16-6-9-25-18(12-16)28-19-13-17(7-10-26-19)29-11-8-23(14-24,20(29)30)15-4-5-15/h6-7,9-10,12-13,15H,4-5,8,11H2,1-3H3,(H2,25,26,27,28,31)/t23-/m1/s1. The number of carbonyl (C=O) groups is 2. The molecular weight excluding hydrogens is 408 g/mol. The first-order chi connectivity index (χ1) is 15.2. The van der Waals surface area contributed by atoms with Crippen molar-refractivity contribution < 1.29 is 14.3 Å². The summed E-state index contributed by atoms with van der Waals surface area (Å²) in [4.78, 5) is 35.3. The van der Waals surface area contributed by atoms with Gasteiger partial charge < -0.3 is 15.0 Å². The van der Waals surface area contributed by atoms with E-state index in [1.807, 2.05) is 0 Å². The second kappa shape index (κ2) is 8.11. The lowest BCUT2D eigenvalue weighted by Gasteiger charge is -2.21. The van der Waals surface area contributed by atoms with E-state index >= 15 is 0 Å². The van der Waals surface area contributed by atoms with E-state index in [9.17, 15) is 14.9 Å². The molecule has 2 N–H and O–H groups in total. The summed E-state index contributed by atoms with van der Waals surface area (Å²) in [5, 5.41) is 15.5. The summed E-state index contributed by atoms with van der Waals surface area (Å²) in [6, 6.07) is 9.13. The molecule has 32 heavy (non-hydrogen) atoms. The van der Waals surface area contributed by atoms with E-state index in [-0.39, 0.29) is 11.8 Å². The number of anilines is 4. The quantitative estimate of drug-likeness (QED) is 0.723. The Morgan fingerprint density at radius 3 is 2.56 bits per heavy atom. The van der Waals surface area contributed by atoms with Gasteiger partial charge in [-0.15, -0.1) is 0 Å². The Bertz CT molecular complexity index is 1090. The average Bonchev–Trinajstić information content (AvgIpc) is 3.51. The number of rotatable bonds is 5. The van der Waals surface area contributed by atoms with Crippen LogP contribution in [0.1, 0.15) is 40.0 Å². The SMILES string of the molecule is CC(C)(C)OC(=O)Nc1ccnc(Nc2cc(N3CC[C@@](C#N)(C4CC4)C3=O)ccn2)c1. The van der Waals surface area contributed by atoms with Crippen LogP contribution in [0.2, 0.25) is 0 Å². The van der Waals surface area contributed by atoms with E-state index in [1.54, 1.807) is 62.3 Å². The maximum atomic E-state index is 13.1. The number of hydrogen-bond acceptors (Lipinski definition) is 7. The highest BCUT2D eigenvalue weighted by Crippen LogP contribution is 2.51. The minimum atomic E-state index is -0.889. The highest BCUT2D eigenvalue weighted by Gasteiger charge is 2.56. The van der Waals surface area contributed by atoms with Crippen LogP contribution in [-0.4, -0.2) is 34.1 Å². The number of aromatic nitrogens is 2. The van der Waals surface area contributed by atoms with Gasteiger partial charge in [0.1, 0.15) is 22.7 Å². The van der Waals surface area contributed by atoms with Crippen molar-refractivity contribution >= 4 is 35.0 Å². The van der Waals surface area contributed by atoms with E-state index in [0.717, 1.165) is 12.8 Å². The number of nitriles is 1. The fourth-order valence-electron chi connectivity index (χ4n) is 3.92. The Morgan fingerprint density at radius 1 is 1.22 bits per heavy atom. The number of ether oxygens (including phenoxy) is 1. The van der Waals surface area contributed by atoms with E-state index in [1.165, 1.54) is 0 Å². The minimum absolute atomic E-state index is 0.124. The number of nitrogens with one attached hydrogen (secondary N) is 2. The molecule has 0 bridgehead atoms. The topological polar surface area (TPSA) is 120 Å². The molecule has 2 aromatic rings. The van der Waals surface area contributed by atoms with Gasteiger partial charge in [-0.3, -0.25) is 10.1 Å². The lowest BCUT2D eigenvalue weighted by atomic mass is 9.83. The van der Waals surface area contributed by atoms with Gasteiger partial charge >= 0.3 is 6.09 Å². The summed E-state index contributed by atoms with van der Waals surface area (Å²) >= 11 is 0. The highest BCUT2D eigenvalue weighted by atomic mass is 16.6. The van der Waals surface area contributed by atoms with Gasteiger partial charge in [0.05, 0.1) is 6.07 Å². The summed E-state index contributed by atoms with van der Waals surface area (Å²) in [6.07, 6.45) is 5.04. The van der Waals surface area contributed by atoms with Crippen LogP contribution in [0.4, 0.5) is 27.8 Å². The molecular formula is C23H26N6O3. The molecule has 1 aliphatic carbocycles. The van der Waals surface area contributed by atoms with Crippen LogP contribution < -0.4 is 15.5 Å². The molecule has 1 aliphatic heterocycles. The summed E-state index contributed by atoms with van der Waals surface area (Å²) in [5.74, 6) is 1.02. The molecule has 1 saturated heterocycles. The Morgan fingerprint density at radius 2 is 1.91 bits per heavy atom. The van der Waals surface area contributed by atoms with Crippen LogP contribution in [0.3, 0.4) is 0 Å². The van der Waals surface area contributed by atoms with Crippen LogP contribution in [0, 0.1) is 22.7 Å². The van der Waals surface area contributed by atoms with E-state index in [0.29, 0.717) is 36.0 Å². The number of hydrogen-bond donors (Lipinski definition) is 2. The maximum Gasteiger partial charge on any atom is 0.412 e. The molecule has 3 heterocycles. The number of pyridine rings is 2. The van der Waals surface area contributed by atoms with Gasteiger partial charge in [-0.25, -0.2) is 14.8 Å². The van der Waals surface area contributed by atoms with Crippen molar-refractivity contribution in [3.05, 3.63) is 36.7 Å². The zero-order chi connectivity index (χ0) is 22.9. The van der Waals surface area contributed by atoms with Crippen molar-refractivity contribution in [3.63, 3.8) is 0 Å². The van der Waals surface area contributed by atoms with Crippen molar-refractivity contribution in [1.29, 1.82) is 5.26 Å². The van der Waals surface area contributed by atoms with Crippen molar-refractivity contribution in [2.75, 3.05) is 22.1 Å². The first-order valence-corrected chi connectivity index (χ1v) is 10.6. The third-order valence-electron chi connectivity index (χ3n) is 5.55. The smallest absolute Gasteiger partial charge is 0.412 e. The van der Waals surface area contributed by atoms with Crippen molar-refractivity contribution in [1.82, 2.24) is 9.97 Å². The van der Waals surface area contributed by atoms with Crippen LogP contribution in [0.15, 0.2) is 36.7 Å². The molecule has 0 unspecified atom stereocenters. The molecule has 0 radical (unpaired) electrons. The number of nitrogens with zero attached hydrogens (tertiary/aromatic N) is 4. The normalized spacial score (nSPS) is 20.6. The van der Waals surface area contributed by atoms with Crippen molar-refractivity contribution in [2.45, 2.75) is 45.6 Å². The monoisotopic (exact) mass is 434 g/mol. The highest BCUT2D eigenvalue weighted by molar-refractivity contribution is 6.02. The molecule has 2 fully saturated rings. The predicted molar refractivity (Wildman–Crippen MR) is 119 cm³/mol. The first kappa shape index (κ1) is 21.6. The molecule has 0 aromatic carbocycles. The van der Waals surface area contributed by atoms with Gasteiger partial charge in [0, 0.05) is 42.4 Å². The van der Waals surface area contributed by atoms with Gasteiger partial charge in [0.2, 0.25) is 5.91 Å². The fraction of sp³-hybridized carbons (Fsp3) is 0.435. The Hall–Kier alpha value is -3.67. The van der Waals surface area contributed by atoms with Gasteiger partial charge in [0.15, 0.2) is 0 Å². The maximum absolute atomic E-state index is 13.1. The zero-order valence-corrected chi connectivity index (χ0v) is 18.4. The first-order valence-electron chi connectivity index (χ1n) is 10.6. The van der Waals surface area contributed by atoms with Crippen molar-refractivity contribution in [3.8, 4) is 6.07 Å². The molecule has 1 saturated carbocycles. The third-order valence-corrected chi connectivity index (χ3v) is 5.55. The molecule has 166 valence electrons. The van der Waals surface area contributed by atoms with Crippen LogP contribution in [0.5, 0.6) is 0 Å². The van der Waals surface area contributed by atoms with E-state index in [4.69, 9.17) is 4.74 Å². The second-order valence-electron chi connectivity index (χ2n) is 9.15. The molecule has 2 amide bonds. The van der Waals surface area contributed by atoms with E-state index in [2.05, 4.69) is 26.7 Å². The molecule has 9 heteroatoms. The molecule has 9 nitrogen and oxygen atoms in total. The second-order valence-corrected chi connectivity index (χ2v) is 9.15. The Labute approximate surface area is 186 Å². The zero-order valence-electron chi connectivity index (χ0n) is 18.4. The largest absolute Gasteiger partial charge is 0.444 e. The molecule has 1 atom stereocenters. The van der Waals surface area contributed by atoms with Gasteiger partial charge in [-0.1, -0.05) is 0 Å². The average molecular weight is 435 g/mol. The summed E-state index contributed by atoms with van der Waals surface area (Å²) in [5.41, 5.74) is -0.280. The lowest BCUT2D eigenvalue weighted by molar-refractivity contribution is -0.123. The molecule has 4 rings (SSSR count). The number of amides is 2. The van der Waals surface area contributed by atoms with Crippen LogP contribution >= 0.6 is 0 Å². The number of carbonyl (C=O) groups excluding carboxylic acids is 2. The summed E-state index contributed by atoms with van der Waals surface area (Å²) in [7, 11) is 0. The molecule has 0 spiro atoms. The fourth-order valence-corrected chi connectivity index (χ4v) is 3.92. The molecule has 2 aliphatic rings. The summed E-state index contributed by atoms with van der Waals surface area (Å²) < 4.78 is 5.27. The van der Waals surface area contributed by atoms with Crippen molar-refractivity contribution in [2.24, 2.45) is 11.3 Å². The van der Waals surface area contributed by atoms with Gasteiger partial charge in [0.25, 0.3) is 0 Å². The Kier molecular flexibility index (Phi) is 5.46. The molecule has 2 aromatic heterocycles. The lowest BCUT2D eigenvalue weighted by Crippen LogP contribution is -2.35.